The fraction of sp³-hybridized carbons (Fsp3) is 0.100. The van der Waals surface area contributed by atoms with Crippen LogP contribution in [0.3, 0.4) is 0 Å². The Morgan fingerprint density at radius 1 is 1.10 bits per heavy atom. The maximum absolute atomic E-state index is 12.5. The Morgan fingerprint density at radius 2 is 1.90 bits per heavy atom. The third-order valence-electron chi connectivity index (χ3n) is 4.05. The normalized spacial score (nSPS) is 10.7. The first kappa shape index (κ1) is 18.6. The molecule has 2 aromatic heterocycles. The van der Waals surface area contributed by atoms with Crippen molar-refractivity contribution in [2.45, 2.75) is 6.92 Å². The van der Waals surface area contributed by atoms with E-state index in [1.807, 2.05) is 29.6 Å². The minimum absolute atomic E-state index is 0.204. The minimum atomic E-state index is -0.420. The molecule has 146 valence electrons. The van der Waals surface area contributed by atoms with Crippen molar-refractivity contribution in [3.8, 4) is 22.8 Å². The van der Waals surface area contributed by atoms with Gasteiger partial charge in [0.25, 0.3) is 11.9 Å². The van der Waals surface area contributed by atoms with Gasteiger partial charge in [-0.1, -0.05) is 12.1 Å². The second-order valence-corrected chi connectivity index (χ2v) is 6.89. The van der Waals surface area contributed by atoms with E-state index >= 15 is 0 Å². The van der Waals surface area contributed by atoms with Gasteiger partial charge in [0, 0.05) is 23.4 Å². The zero-order valence-corrected chi connectivity index (χ0v) is 16.4. The second kappa shape index (κ2) is 7.72. The SMILES string of the molecule is COc1cccc(-c2csc3nc(NC(=O)c4ccc(OC(C)=O)cc4)nn23)c1. The van der Waals surface area contributed by atoms with Gasteiger partial charge in [-0.2, -0.15) is 4.98 Å². The number of carbonyl (C=O) groups excluding carboxylic acids is 2. The molecule has 4 rings (SSSR count). The number of hydrogen-bond acceptors (Lipinski definition) is 7. The number of nitrogens with one attached hydrogen (secondary N) is 1. The highest BCUT2D eigenvalue weighted by Crippen LogP contribution is 2.28. The number of methoxy groups -OCH3 is 1. The average molecular weight is 408 g/mol. The molecule has 0 saturated carbocycles. The van der Waals surface area contributed by atoms with Gasteiger partial charge in [0.2, 0.25) is 4.96 Å². The summed E-state index contributed by atoms with van der Waals surface area (Å²) in [5.41, 5.74) is 2.18. The van der Waals surface area contributed by atoms with Crippen molar-refractivity contribution < 1.29 is 19.1 Å². The molecule has 0 bridgehead atoms. The number of esters is 1. The van der Waals surface area contributed by atoms with Crippen molar-refractivity contribution in [3.63, 3.8) is 0 Å². The quantitative estimate of drug-likeness (QED) is 0.400. The molecule has 4 aromatic rings. The second-order valence-electron chi connectivity index (χ2n) is 6.05. The average Bonchev–Trinajstić information content (AvgIpc) is 3.28. The van der Waals surface area contributed by atoms with E-state index in [0.29, 0.717) is 16.3 Å². The van der Waals surface area contributed by atoms with Crippen LogP contribution in [0.1, 0.15) is 17.3 Å². The van der Waals surface area contributed by atoms with Gasteiger partial charge in [-0.25, -0.2) is 4.52 Å². The maximum Gasteiger partial charge on any atom is 0.308 e. The molecule has 1 amide bonds. The van der Waals surface area contributed by atoms with Crippen LogP contribution in [0, 0.1) is 0 Å². The highest BCUT2D eigenvalue weighted by Gasteiger charge is 2.15. The standard InChI is InChI=1S/C20H16N4O4S/c1-12(25)28-15-8-6-13(7-9-15)18(26)21-19-22-20-24(23-19)17(11-29-20)14-4-3-5-16(10-14)27-2/h3-11H,1-2H3,(H,21,23,26). The summed E-state index contributed by atoms with van der Waals surface area (Å²) in [5.74, 6) is 0.539. The van der Waals surface area contributed by atoms with E-state index in [2.05, 4.69) is 15.4 Å². The van der Waals surface area contributed by atoms with E-state index in [1.54, 1.807) is 35.9 Å². The smallest absolute Gasteiger partial charge is 0.308 e. The van der Waals surface area contributed by atoms with Crippen LogP contribution in [0.25, 0.3) is 16.2 Å². The summed E-state index contributed by atoms with van der Waals surface area (Å²) in [6.45, 7) is 1.32. The Kier molecular flexibility index (Phi) is 4.96. The van der Waals surface area contributed by atoms with E-state index in [-0.39, 0.29) is 11.9 Å². The van der Waals surface area contributed by atoms with E-state index in [9.17, 15) is 9.59 Å². The van der Waals surface area contributed by atoms with Crippen LogP contribution in [0.5, 0.6) is 11.5 Å². The number of nitrogens with zero attached hydrogens (tertiary/aromatic N) is 3. The lowest BCUT2D eigenvalue weighted by Gasteiger charge is -2.04. The summed E-state index contributed by atoms with van der Waals surface area (Å²) in [5, 5.41) is 9.04. The Labute approximate surface area is 169 Å². The molecule has 0 fully saturated rings. The molecule has 9 heteroatoms. The lowest BCUT2D eigenvalue weighted by atomic mass is 10.2. The first-order valence-electron chi connectivity index (χ1n) is 8.62. The molecule has 2 heterocycles. The van der Waals surface area contributed by atoms with Gasteiger partial charge in [0.1, 0.15) is 11.5 Å². The number of fused-ring (bicyclic) bond motifs is 1. The van der Waals surface area contributed by atoms with Crippen LogP contribution in [0.4, 0.5) is 5.95 Å². The monoisotopic (exact) mass is 408 g/mol. The largest absolute Gasteiger partial charge is 0.497 e. The molecule has 1 N–H and O–H groups in total. The number of carbonyl (C=O) groups is 2. The van der Waals surface area contributed by atoms with Crippen molar-refractivity contribution in [1.29, 1.82) is 0 Å². The molecule has 0 aliphatic rings. The van der Waals surface area contributed by atoms with Gasteiger partial charge < -0.3 is 9.47 Å². The fourth-order valence-electron chi connectivity index (χ4n) is 2.73. The third kappa shape index (κ3) is 3.94. The molecule has 0 saturated heterocycles. The number of aromatic nitrogens is 3. The Balaban J connectivity index is 1.55. The van der Waals surface area contributed by atoms with Crippen LogP contribution in [-0.4, -0.2) is 33.6 Å². The number of amides is 1. The molecule has 0 radical (unpaired) electrons. The first-order valence-corrected chi connectivity index (χ1v) is 9.50. The van der Waals surface area contributed by atoms with Crippen LogP contribution in [-0.2, 0) is 4.79 Å². The van der Waals surface area contributed by atoms with Crippen LogP contribution in [0.2, 0.25) is 0 Å². The molecule has 2 aromatic carbocycles. The Hall–Kier alpha value is -3.72. The third-order valence-corrected chi connectivity index (χ3v) is 4.87. The molecule has 8 nitrogen and oxygen atoms in total. The maximum atomic E-state index is 12.5. The highest BCUT2D eigenvalue weighted by molar-refractivity contribution is 7.15. The van der Waals surface area contributed by atoms with E-state index in [1.165, 1.54) is 18.3 Å². The van der Waals surface area contributed by atoms with Crippen LogP contribution in [0.15, 0.2) is 53.9 Å². The van der Waals surface area contributed by atoms with Crippen LogP contribution >= 0.6 is 11.3 Å². The van der Waals surface area contributed by atoms with Gasteiger partial charge in [-0.3, -0.25) is 14.9 Å². The Bertz CT molecular complexity index is 1200. The molecule has 0 unspecified atom stereocenters. The Morgan fingerprint density at radius 3 is 2.62 bits per heavy atom. The summed E-state index contributed by atoms with van der Waals surface area (Å²) in [6.07, 6.45) is 0. The van der Waals surface area contributed by atoms with E-state index in [0.717, 1.165) is 17.0 Å². The van der Waals surface area contributed by atoms with Crippen LogP contribution < -0.4 is 14.8 Å². The van der Waals surface area contributed by atoms with Gasteiger partial charge >= 0.3 is 5.97 Å². The highest BCUT2D eigenvalue weighted by atomic mass is 32.1. The van der Waals surface area contributed by atoms with Crippen molar-refractivity contribution in [2.75, 3.05) is 12.4 Å². The van der Waals surface area contributed by atoms with Crippen molar-refractivity contribution in [2.24, 2.45) is 0 Å². The molecule has 0 aliphatic heterocycles. The summed E-state index contributed by atoms with van der Waals surface area (Å²) in [6, 6.07) is 13.9. The minimum Gasteiger partial charge on any atom is -0.497 e. The van der Waals surface area contributed by atoms with E-state index < -0.39 is 5.97 Å². The van der Waals surface area contributed by atoms with Gasteiger partial charge in [0.05, 0.1) is 12.8 Å². The molecule has 0 aliphatic carbocycles. The number of thiazole rings is 1. The zero-order chi connectivity index (χ0) is 20.4. The van der Waals surface area contributed by atoms with Crippen molar-refractivity contribution in [1.82, 2.24) is 14.6 Å². The predicted octanol–water partition coefficient (Wildman–Crippen LogP) is 3.64. The number of ether oxygens (including phenoxy) is 2. The lowest BCUT2D eigenvalue weighted by molar-refractivity contribution is -0.131. The molecular formula is C20H16N4O4S. The molecular weight excluding hydrogens is 392 g/mol. The molecule has 0 atom stereocenters. The number of anilines is 1. The zero-order valence-electron chi connectivity index (χ0n) is 15.6. The summed E-state index contributed by atoms with van der Waals surface area (Å²) >= 11 is 1.42. The van der Waals surface area contributed by atoms with E-state index in [4.69, 9.17) is 9.47 Å². The molecule has 29 heavy (non-hydrogen) atoms. The van der Waals surface area contributed by atoms with Gasteiger partial charge in [-0.05, 0) is 36.4 Å². The summed E-state index contributed by atoms with van der Waals surface area (Å²) in [4.78, 5) is 28.5. The number of rotatable bonds is 5. The molecule has 0 spiro atoms. The lowest BCUT2D eigenvalue weighted by Crippen LogP contribution is -2.13. The van der Waals surface area contributed by atoms with Gasteiger partial charge in [-0.15, -0.1) is 16.4 Å². The number of benzene rings is 2. The van der Waals surface area contributed by atoms with Gasteiger partial charge in [0.15, 0.2) is 0 Å². The summed E-state index contributed by atoms with van der Waals surface area (Å²) < 4.78 is 11.9. The topological polar surface area (TPSA) is 94.8 Å². The first-order chi connectivity index (χ1) is 14.0. The van der Waals surface area contributed by atoms with Crippen molar-refractivity contribution in [3.05, 3.63) is 59.5 Å². The summed E-state index contributed by atoms with van der Waals surface area (Å²) in [7, 11) is 1.62. The fourth-order valence-corrected chi connectivity index (χ4v) is 3.56. The predicted molar refractivity (Wildman–Crippen MR) is 109 cm³/mol. The van der Waals surface area contributed by atoms with Crippen molar-refractivity contribution >= 4 is 34.1 Å². The number of hydrogen-bond donors (Lipinski definition) is 1.